The van der Waals surface area contributed by atoms with Gasteiger partial charge >= 0.3 is 6.36 Å². The van der Waals surface area contributed by atoms with Crippen LogP contribution in [0.4, 0.5) is 18.9 Å². The Morgan fingerprint density at radius 1 is 1.23 bits per heavy atom. The van der Waals surface area contributed by atoms with Crippen LogP contribution in [-0.4, -0.2) is 12.3 Å². The van der Waals surface area contributed by atoms with Gasteiger partial charge in [-0.15, -0.1) is 37.1 Å². The fourth-order valence-corrected chi connectivity index (χ4v) is 2.15. The van der Waals surface area contributed by atoms with Gasteiger partial charge in [-0.3, -0.25) is 0 Å². The molecule has 0 radical (unpaired) electrons. The van der Waals surface area contributed by atoms with Crippen LogP contribution in [0.5, 0.6) is 5.75 Å². The first-order valence-electron chi connectivity index (χ1n) is 5.86. The van der Waals surface area contributed by atoms with Crippen molar-refractivity contribution in [2.45, 2.75) is 12.9 Å². The van der Waals surface area contributed by atoms with E-state index in [1.165, 1.54) is 24.3 Å². The van der Waals surface area contributed by atoms with E-state index in [1.54, 1.807) is 11.3 Å². The average molecular weight is 443 g/mol. The molecule has 0 saturated carbocycles. The quantitative estimate of drug-likeness (QED) is 0.424. The zero-order chi connectivity index (χ0) is 15.3. The molecule has 0 spiro atoms. The number of halogens is 4. The first-order valence-corrected chi connectivity index (χ1v) is 6.80. The molecule has 2 rings (SSSR count). The van der Waals surface area contributed by atoms with Crippen LogP contribution in [0.15, 0.2) is 46.1 Å². The largest absolute Gasteiger partial charge is 0.573 e. The highest BCUT2D eigenvalue weighted by atomic mass is 127. The summed E-state index contributed by atoms with van der Waals surface area (Å²) in [4.78, 5) is 4.12. The second-order valence-corrected chi connectivity index (χ2v) is 4.81. The highest BCUT2D eigenvalue weighted by Gasteiger charge is 2.30. The molecular formula is C13H13F3IN3OS. The molecule has 2 aromatic rings. The van der Waals surface area contributed by atoms with Crippen molar-refractivity contribution in [3.8, 4) is 5.75 Å². The molecule has 0 saturated heterocycles. The number of rotatable bonds is 4. The maximum atomic E-state index is 12.0. The molecule has 0 atom stereocenters. The van der Waals surface area contributed by atoms with Crippen LogP contribution in [0.25, 0.3) is 0 Å². The van der Waals surface area contributed by atoms with E-state index in [1.807, 2.05) is 16.8 Å². The fraction of sp³-hybridized carbons (Fsp3) is 0.154. The third-order valence-electron chi connectivity index (χ3n) is 2.37. The molecule has 0 fully saturated rings. The smallest absolute Gasteiger partial charge is 0.406 e. The third kappa shape index (κ3) is 6.52. The monoisotopic (exact) mass is 443 g/mol. The van der Waals surface area contributed by atoms with Crippen molar-refractivity contribution in [2.75, 3.05) is 5.32 Å². The van der Waals surface area contributed by atoms with Crippen LogP contribution < -0.4 is 15.8 Å². The standard InChI is InChI=1S/C13H12F3N3OS.HI/c14-13(15,16)20-11-3-1-10(2-4-11)19-12(17)18-7-9-5-6-21-8-9;/h1-6,8H,7H2,(H3,17,18,19);1H. The van der Waals surface area contributed by atoms with Crippen molar-refractivity contribution in [1.29, 1.82) is 0 Å². The Morgan fingerprint density at radius 2 is 1.91 bits per heavy atom. The number of hydrogen-bond donors (Lipinski definition) is 2. The molecule has 1 aromatic heterocycles. The van der Waals surface area contributed by atoms with Gasteiger partial charge in [0, 0.05) is 5.69 Å². The Balaban J connectivity index is 0.00000242. The van der Waals surface area contributed by atoms with Crippen molar-refractivity contribution in [2.24, 2.45) is 10.7 Å². The first kappa shape index (κ1) is 18.6. The van der Waals surface area contributed by atoms with Crippen molar-refractivity contribution < 1.29 is 17.9 Å². The van der Waals surface area contributed by atoms with Crippen molar-refractivity contribution in [3.63, 3.8) is 0 Å². The van der Waals surface area contributed by atoms with E-state index in [-0.39, 0.29) is 35.7 Å². The third-order valence-corrected chi connectivity index (χ3v) is 3.10. The molecule has 0 bridgehead atoms. The lowest BCUT2D eigenvalue weighted by molar-refractivity contribution is -0.274. The number of hydrogen-bond acceptors (Lipinski definition) is 3. The van der Waals surface area contributed by atoms with Gasteiger partial charge in [0.15, 0.2) is 5.96 Å². The molecule has 0 aliphatic rings. The lowest BCUT2D eigenvalue weighted by Gasteiger charge is -2.10. The Hall–Kier alpha value is -1.49. The summed E-state index contributed by atoms with van der Waals surface area (Å²) in [6.07, 6.45) is -4.70. The summed E-state index contributed by atoms with van der Waals surface area (Å²) in [7, 11) is 0. The number of thiophene rings is 1. The summed E-state index contributed by atoms with van der Waals surface area (Å²) in [5, 5.41) is 6.69. The minimum absolute atomic E-state index is 0. The van der Waals surface area contributed by atoms with Gasteiger partial charge in [-0.05, 0) is 46.7 Å². The van der Waals surface area contributed by atoms with E-state index < -0.39 is 6.36 Å². The summed E-state index contributed by atoms with van der Waals surface area (Å²) in [6, 6.07) is 7.18. The van der Waals surface area contributed by atoms with Gasteiger partial charge in [-0.2, -0.15) is 11.3 Å². The van der Waals surface area contributed by atoms with Gasteiger partial charge in [-0.1, -0.05) is 0 Å². The molecule has 22 heavy (non-hydrogen) atoms. The number of anilines is 1. The Labute approximate surface area is 146 Å². The van der Waals surface area contributed by atoms with Gasteiger partial charge in [0.1, 0.15) is 5.75 Å². The van der Waals surface area contributed by atoms with Crippen molar-refractivity contribution in [1.82, 2.24) is 0 Å². The molecular weight excluding hydrogens is 430 g/mol. The lowest BCUT2D eigenvalue weighted by Crippen LogP contribution is -2.22. The number of benzene rings is 1. The highest BCUT2D eigenvalue weighted by molar-refractivity contribution is 14.0. The van der Waals surface area contributed by atoms with Gasteiger partial charge in [0.2, 0.25) is 0 Å². The van der Waals surface area contributed by atoms with E-state index in [9.17, 15) is 13.2 Å². The average Bonchev–Trinajstić information content (AvgIpc) is 2.90. The van der Waals surface area contributed by atoms with E-state index in [0.717, 1.165) is 5.56 Å². The van der Waals surface area contributed by atoms with Crippen LogP contribution in [0, 0.1) is 0 Å². The number of alkyl halides is 3. The van der Waals surface area contributed by atoms with Gasteiger partial charge in [0.25, 0.3) is 0 Å². The number of aliphatic imine (C=N–C) groups is 1. The molecule has 120 valence electrons. The predicted octanol–water partition coefficient (Wildman–Crippen LogP) is 4.19. The zero-order valence-electron chi connectivity index (χ0n) is 11.1. The van der Waals surface area contributed by atoms with Crippen molar-refractivity contribution in [3.05, 3.63) is 46.7 Å². The molecule has 1 aromatic carbocycles. The van der Waals surface area contributed by atoms with Crippen LogP contribution >= 0.6 is 35.3 Å². The molecule has 9 heteroatoms. The topological polar surface area (TPSA) is 59.6 Å². The minimum atomic E-state index is -4.70. The number of guanidine groups is 1. The SMILES string of the molecule is I.NC(=NCc1ccsc1)Nc1ccc(OC(F)(F)F)cc1. The van der Waals surface area contributed by atoms with E-state index in [2.05, 4.69) is 15.0 Å². The highest BCUT2D eigenvalue weighted by Crippen LogP contribution is 2.23. The van der Waals surface area contributed by atoms with Gasteiger partial charge in [0.05, 0.1) is 6.54 Å². The molecule has 0 aliphatic carbocycles. The Bertz CT molecular complexity index is 600. The molecule has 1 heterocycles. The number of nitrogens with two attached hydrogens (primary N) is 1. The van der Waals surface area contributed by atoms with E-state index >= 15 is 0 Å². The van der Waals surface area contributed by atoms with E-state index in [4.69, 9.17) is 5.73 Å². The number of nitrogens with zero attached hydrogens (tertiary/aromatic N) is 1. The summed E-state index contributed by atoms with van der Waals surface area (Å²) in [5.41, 5.74) is 7.26. The number of ether oxygens (including phenoxy) is 1. The summed E-state index contributed by atoms with van der Waals surface area (Å²) in [6.45, 7) is 0.442. The first-order chi connectivity index (χ1) is 9.92. The number of nitrogens with one attached hydrogen (secondary N) is 1. The normalized spacial score (nSPS) is 11.7. The molecule has 0 amide bonds. The minimum Gasteiger partial charge on any atom is -0.406 e. The van der Waals surface area contributed by atoms with Gasteiger partial charge < -0.3 is 15.8 Å². The molecule has 3 N–H and O–H groups in total. The zero-order valence-corrected chi connectivity index (χ0v) is 14.3. The predicted molar refractivity (Wildman–Crippen MR) is 91.8 cm³/mol. The summed E-state index contributed by atoms with van der Waals surface area (Å²) < 4.78 is 39.8. The summed E-state index contributed by atoms with van der Waals surface area (Å²) >= 11 is 1.56. The van der Waals surface area contributed by atoms with E-state index in [0.29, 0.717) is 12.2 Å². The second kappa shape index (κ2) is 8.22. The summed E-state index contributed by atoms with van der Waals surface area (Å²) in [5.74, 6) is -0.104. The Morgan fingerprint density at radius 3 is 2.45 bits per heavy atom. The lowest BCUT2D eigenvalue weighted by atomic mass is 10.3. The van der Waals surface area contributed by atoms with Crippen LogP contribution in [0.3, 0.4) is 0 Å². The van der Waals surface area contributed by atoms with Crippen LogP contribution in [0.1, 0.15) is 5.56 Å². The Kier molecular flexibility index (Phi) is 6.94. The molecule has 4 nitrogen and oxygen atoms in total. The van der Waals surface area contributed by atoms with Crippen molar-refractivity contribution >= 4 is 47.0 Å². The second-order valence-electron chi connectivity index (χ2n) is 4.03. The fourth-order valence-electron chi connectivity index (χ4n) is 1.49. The maximum absolute atomic E-state index is 12.0. The molecule has 0 unspecified atom stereocenters. The van der Waals surface area contributed by atoms with Gasteiger partial charge in [-0.25, -0.2) is 4.99 Å². The van der Waals surface area contributed by atoms with Crippen LogP contribution in [-0.2, 0) is 6.54 Å². The van der Waals surface area contributed by atoms with Crippen LogP contribution in [0.2, 0.25) is 0 Å². The molecule has 0 aliphatic heterocycles. The maximum Gasteiger partial charge on any atom is 0.573 e.